The van der Waals surface area contributed by atoms with Crippen LogP contribution in [0.3, 0.4) is 0 Å². The van der Waals surface area contributed by atoms with Gasteiger partial charge in [0.05, 0.1) is 0 Å². The van der Waals surface area contributed by atoms with Crippen molar-refractivity contribution in [3.8, 4) is 5.88 Å². The molecule has 1 atom stereocenters. The van der Waals surface area contributed by atoms with E-state index in [0.717, 1.165) is 12.9 Å². The highest BCUT2D eigenvalue weighted by Gasteiger charge is 1.97. The summed E-state index contributed by atoms with van der Waals surface area (Å²) in [6.07, 6.45) is 1.66. The Kier molecular flexibility index (Phi) is 2.86. The van der Waals surface area contributed by atoms with Gasteiger partial charge in [0.2, 0.25) is 13.3 Å². The average Bonchev–Trinajstić information content (AvgIpc) is 1.93. The molecule has 0 saturated heterocycles. The highest BCUT2D eigenvalue weighted by atomic mass is 31.0. The molecule has 0 fully saturated rings. The molecule has 11 heavy (non-hydrogen) atoms. The molecule has 1 aromatic rings. The third-order valence-corrected chi connectivity index (χ3v) is 1.42. The fraction of sp³-hybridized carbons (Fsp3) is 0.167. The first-order valence-corrected chi connectivity index (χ1v) is 3.80. The van der Waals surface area contributed by atoms with Crippen LogP contribution in [-0.2, 0) is 0 Å². The van der Waals surface area contributed by atoms with Crippen LogP contribution >= 0.6 is 9.39 Å². The number of pyridine rings is 1. The lowest BCUT2D eigenvalue weighted by Crippen LogP contribution is -2.25. The van der Waals surface area contributed by atoms with Gasteiger partial charge in [-0.3, -0.25) is 0 Å². The zero-order chi connectivity index (χ0) is 8.27. The van der Waals surface area contributed by atoms with E-state index in [4.69, 9.17) is 5.11 Å². The summed E-state index contributed by atoms with van der Waals surface area (Å²) in [5.74, 6) is 0.0696. The second-order valence-electron chi connectivity index (χ2n) is 2.44. The molecule has 0 bridgehead atoms. The van der Waals surface area contributed by atoms with E-state index >= 15 is 0 Å². The van der Waals surface area contributed by atoms with Crippen LogP contribution in [0, 0.1) is 0 Å². The van der Waals surface area contributed by atoms with E-state index in [1.165, 1.54) is 0 Å². The first kappa shape index (κ1) is 8.50. The van der Waals surface area contributed by atoms with Gasteiger partial charge in [-0.15, -0.1) is 0 Å². The Morgan fingerprint density at radius 1 is 1.64 bits per heavy atom. The lowest BCUT2D eigenvalue weighted by atomic mass is 9.85. The number of hydrogen-bond acceptors (Lipinski definition) is 3. The molecule has 0 spiro atoms. The summed E-state index contributed by atoms with van der Waals surface area (Å²) in [4.78, 5) is 3.75. The summed E-state index contributed by atoms with van der Waals surface area (Å²) in [6, 6.07) is 3.44. The smallest absolute Gasteiger partial charge is 0.243 e. The quantitative estimate of drug-likeness (QED) is 0.477. The van der Waals surface area contributed by atoms with Crippen LogP contribution in [-0.4, -0.2) is 29.1 Å². The first-order chi connectivity index (χ1) is 5.18. The van der Waals surface area contributed by atoms with E-state index in [9.17, 15) is 0 Å². The van der Waals surface area contributed by atoms with Crippen LogP contribution in [0.15, 0.2) is 18.3 Å². The van der Waals surface area contributed by atoms with Crippen molar-refractivity contribution in [2.75, 3.05) is 7.05 Å². The molecule has 0 amide bonds. The van der Waals surface area contributed by atoms with Crippen molar-refractivity contribution >= 4 is 22.3 Å². The summed E-state index contributed by atoms with van der Waals surface area (Å²) >= 11 is 0. The summed E-state index contributed by atoms with van der Waals surface area (Å²) < 4.78 is 1.97. The molecule has 5 heteroatoms. The maximum Gasteiger partial charge on any atom is 0.243 e. The van der Waals surface area contributed by atoms with Gasteiger partial charge in [-0.1, -0.05) is 15.5 Å². The van der Waals surface area contributed by atoms with Crippen LogP contribution in [0.25, 0.3) is 0 Å². The van der Waals surface area contributed by atoms with Gasteiger partial charge in [-0.25, -0.2) is 4.98 Å². The first-order valence-electron chi connectivity index (χ1n) is 3.28. The van der Waals surface area contributed by atoms with Crippen molar-refractivity contribution in [1.29, 1.82) is 0 Å². The minimum absolute atomic E-state index is 0.0696. The predicted molar refractivity (Wildman–Crippen MR) is 50.2 cm³/mol. The highest BCUT2D eigenvalue weighted by molar-refractivity contribution is 7.16. The van der Waals surface area contributed by atoms with E-state index in [0.29, 0.717) is 0 Å². The fourth-order valence-electron chi connectivity index (χ4n) is 0.798. The Morgan fingerprint density at radius 2 is 2.36 bits per heavy atom. The molecule has 3 nitrogen and oxygen atoms in total. The average molecular weight is 168 g/mol. The van der Waals surface area contributed by atoms with Gasteiger partial charge in [-0.2, -0.15) is 0 Å². The summed E-state index contributed by atoms with van der Waals surface area (Å²) in [5, 5.41) is 8.86. The van der Waals surface area contributed by atoms with Crippen LogP contribution < -0.4 is 5.46 Å². The summed E-state index contributed by atoms with van der Waals surface area (Å²) in [7, 11) is 5.33. The van der Waals surface area contributed by atoms with Crippen LogP contribution in [0.1, 0.15) is 0 Å². The van der Waals surface area contributed by atoms with Gasteiger partial charge in [0.1, 0.15) is 0 Å². The second kappa shape index (κ2) is 3.70. The molecule has 1 unspecified atom stereocenters. The number of aromatic hydroxyl groups is 1. The lowest BCUT2D eigenvalue weighted by molar-refractivity contribution is 0.454. The van der Waals surface area contributed by atoms with Gasteiger partial charge in [0.25, 0.3) is 0 Å². The Bertz CT molecular complexity index is 227. The van der Waals surface area contributed by atoms with Crippen molar-refractivity contribution in [3.05, 3.63) is 18.3 Å². The molecule has 0 aromatic carbocycles. The Balaban J connectivity index is 2.66. The van der Waals surface area contributed by atoms with Crippen molar-refractivity contribution in [2.24, 2.45) is 0 Å². The molecule has 0 aliphatic carbocycles. The Labute approximate surface area is 69.0 Å². The zero-order valence-electron chi connectivity index (χ0n) is 6.36. The second-order valence-corrected chi connectivity index (χ2v) is 3.32. The Hall–Kier alpha value is -0.595. The van der Waals surface area contributed by atoms with Gasteiger partial charge >= 0.3 is 0 Å². The minimum atomic E-state index is 0.0696. The molecule has 0 aliphatic heterocycles. The summed E-state index contributed by atoms with van der Waals surface area (Å²) in [5.41, 5.74) is 1.08. The molecular weight excluding hydrogens is 158 g/mol. The van der Waals surface area contributed by atoms with Crippen LogP contribution in [0.4, 0.5) is 0 Å². The standard InChI is InChI=1S/C6H10BN2OP/c1-9(11)7-5-2-3-6(10)8-4-5/h2-4,7H,11H2,1H3,(H,8,10). The number of hydrogen-bond donors (Lipinski definition) is 1. The topological polar surface area (TPSA) is 36.4 Å². The van der Waals surface area contributed by atoms with Gasteiger partial charge in [0, 0.05) is 6.20 Å². The van der Waals surface area contributed by atoms with E-state index in [-0.39, 0.29) is 5.88 Å². The minimum Gasteiger partial charge on any atom is -0.493 e. The molecule has 58 valence electrons. The third kappa shape index (κ3) is 2.87. The monoisotopic (exact) mass is 168 g/mol. The predicted octanol–water partition coefficient (Wildman–Crippen LogP) is -0.514. The molecule has 0 radical (unpaired) electrons. The molecule has 1 rings (SSSR count). The Morgan fingerprint density at radius 3 is 2.82 bits per heavy atom. The lowest BCUT2D eigenvalue weighted by Gasteiger charge is -2.05. The third-order valence-electron chi connectivity index (χ3n) is 1.24. The molecule has 1 aromatic heterocycles. The molecule has 0 aliphatic rings. The van der Waals surface area contributed by atoms with Crippen molar-refractivity contribution in [3.63, 3.8) is 0 Å². The number of nitrogens with zero attached hydrogens (tertiary/aromatic N) is 2. The van der Waals surface area contributed by atoms with E-state index < -0.39 is 0 Å². The van der Waals surface area contributed by atoms with Gasteiger partial charge in [-0.05, 0) is 18.6 Å². The largest absolute Gasteiger partial charge is 0.493 e. The molecule has 1 N–H and O–H groups in total. The molecular formula is C6H10BN2OP. The van der Waals surface area contributed by atoms with E-state index in [2.05, 4.69) is 14.4 Å². The maximum atomic E-state index is 8.86. The number of aromatic nitrogens is 1. The van der Waals surface area contributed by atoms with E-state index in [1.54, 1.807) is 12.3 Å². The van der Waals surface area contributed by atoms with Crippen LogP contribution in [0.5, 0.6) is 5.88 Å². The zero-order valence-corrected chi connectivity index (χ0v) is 7.51. The van der Waals surface area contributed by atoms with Gasteiger partial charge < -0.3 is 9.69 Å². The van der Waals surface area contributed by atoms with Crippen molar-refractivity contribution < 1.29 is 5.11 Å². The number of rotatable bonds is 2. The highest BCUT2D eigenvalue weighted by Crippen LogP contribution is 1.97. The van der Waals surface area contributed by atoms with Crippen molar-refractivity contribution in [2.45, 2.75) is 0 Å². The maximum absolute atomic E-state index is 8.86. The van der Waals surface area contributed by atoms with Crippen LogP contribution in [0.2, 0.25) is 0 Å². The fourth-order valence-corrected chi connectivity index (χ4v) is 1.01. The molecule has 1 heterocycles. The SMILES string of the molecule is CN(P)Bc1ccc(O)nc1. The van der Waals surface area contributed by atoms with Crippen molar-refractivity contribution in [1.82, 2.24) is 9.57 Å². The molecule has 0 saturated carbocycles. The summed E-state index contributed by atoms with van der Waals surface area (Å²) in [6.45, 7) is 0. The van der Waals surface area contributed by atoms with Gasteiger partial charge in [0.15, 0.2) is 0 Å². The normalized spacial score (nSPS) is 10.1. The van der Waals surface area contributed by atoms with E-state index in [1.807, 2.05) is 17.7 Å².